The Balaban J connectivity index is 1.62. The lowest BCUT2D eigenvalue weighted by Gasteiger charge is -2.29. The van der Waals surface area contributed by atoms with Crippen LogP contribution in [0.2, 0.25) is 5.02 Å². The van der Waals surface area contributed by atoms with Crippen LogP contribution in [0, 0.1) is 17.7 Å². The number of ketones is 1. The fraction of sp³-hybridized carbons (Fsp3) is 0.385. The van der Waals surface area contributed by atoms with Crippen LogP contribution in [0.5, 0.6) is 5.75 Å². The molecule has 0 radical (unpaired) electrons. The molecular weight excluding hydrogens is 427 g/mol. The summed E-state index contributed by atoms with van der Waals surface area (Å²) in [5.41, 5.74) is 3.56. The van der Waals surface area contributed by atoms with Crippen LogP contribution in [-0.2, 0) is 0 Å². The second kappa shape index (κ2) is 8.36. The highest BCUT2D eigenvalue weighted by Crippen LogP contribution is 2.39. The van der Waals surface area contributed by atoms with Gasteiger partial charge < -0.3 is 10.4 Å². The van der Waals surface area contributed by atoms with E-state index >= 15 is 0 Å². The van der Waals surface area contributed by atoms with Gasteiger partial charge in [-0.25, -0.2) is 4.39 Å². The average Bonchev–Trinajstić information content (AvgIpc) is 3.63. The molecule has 0 saturated heterocycles. The zero-order chi connectivity index (χ0) is 22.4. The zero-order valence-electron chi connectivity index (χ0n) is 18.0. The third-order valence-corrected chi connectivity index (χ3v) is 7.08. The van der Waals surface area contributed by atoms with Crippen LogP contribution in [0.15, 0.2) is 36.5 Å². The molecule has 0 amide bonds. The highest BCUT2D eigenvalue weighted by molar-refractivity contribution is 6.32. The fourth-order valence-electron chi connectivity index (χ4n) is 4.62. The van der Waals surface area contributed by atoms with Crippen LogP contribution in [0.4, 0.5) is 10.1 Å². The smallest absolute Gasteiger partial charge is 0.170 e. The molecule has 0 bridgehead atoms. The van der Waals surface area contributed by atoms with Gasteiger partial charge >= 0.3 is 0 Å². The number of halogens is 2. The number of carbonyl (C=O) groups is 1. The number of carbonyl (C=O) groups excluding carboxylic acids is 1. The molecule has 2 aliphatic carbocycles. The molecule has 2 aromatic carbocycles. The first-order valence-electron chi connectivity index (χ1n) is 11.3. The van der Waals surface area contributed by atoms with E-state index < -0.39 is 11.6 Å². The largest absolute Gasteiger partial charge is 0.504 e. The summed E-state index contributed by atoms with van der Waals surface area (Å²) >= 11 is 6.01. The number of nitrogens with zero attached hydrogens (tertiary/aromatic N) is 1. The maximum absolute atomic E-state index is 14.1. The first kappa shape index (κ1) is 21.2. The predicted molar refractivity (Wildman–Crippen MR) is 126 cm³/mol. The maximum atomic E-state index is 14.1. The molecule has 1 heterocycles. The summed E-state index contributed by atoms with van der Waals surface area (Å²) < 4.78 is 14.1. The molecule has 2 N–H and O–H groups in total. The molecule has 2 saturated carbocycles. The molecule has 0 atom stereocenters. The Morgan fingerprint density at radius 3 is 2.53 bits per heavy atom. The number of anilines is 1. The molecule has 32 heavy (non-hydrogen) atoms. The lowest BCUT2D eigenvalue weighted by Crippen LogP contribution is -2.26. The van der Waals surface area contributed by atoms with Crippen LogP contribution in [-0.4, -0.2) is 21.9 Å². The number of aromatic nitrogens is 1. The number of Topliss-reactive ketones (excluding diaryl/α,β-unsaturated/α-hetero) is 1. The van der Waals surface area contributed by atoms with Crippen molar-refractivity contribution in [1.82, 2.24) is 4.98 Å². The molecule has 2 aliphatic rings. The molecular formula is C26H26ClFN2O2. The van der Waals surface area contributed by atoms with Gasteiger partial charge in [0.25, 0.3) is 0 Å². The van der Waals surface area contributed by atoms with Crippen LogP contribution in [0.25, 0.3) is 22.0 Å². The van der Waals surface area contributed by atoms with Gasteiger partial charge in [-0.2, -0.15) is 0 Å². The summed E-state index contributed by atoms with van der Waals surface area (Å²) in [5.74, 6) is -0.345. The number of benzene rings is 2. The molecule has 166 valence electrons. The van der Waals surface area contributed by atoms with Crippen LogP contribution >= 0.6 is 11.6 Å². The summed E-state index contributed by atoms with van der Waals surface area (Å²) in [4.78, 5) is 17.6. The van der Waals surface area contributed by atoms with E-state index in [4.69, 9.17) is 11.6 Å². The van der Waals surface area contributed by atoms with Crippen molar-refractivity contribution >= 4 is 34.0 Å². The molecule has 2 fully saturated rings. The second-order valence-electron chi connectivity index (χ2n) is 9.31. The van der Waals surface area contributed by atoms with Crippen molar-refractivity contribution in [1.29, 1.82) is 0 Å². The molecule has 0 unspecified atom stereocenters. The van der Waals surface area contributed by atoms with Crippen molar-refractivity contribution in [2.45, 2.75) is 51.5 Å². The highest BCUT2D eigenvalue weighted by Gasteiger charge is 2.33. The Morgan fingerprint density at radius 1 is 1.09 bits per heavy atom. The topological polar surface area (TPSA) is 62.2 Å². The minimum Gasteiger partial charge on any atom is -0.504 e. The summed E-state index contributed by atoms with van der Waals surface area (Å²) in [6.07, 6.45) is 8.05. The van der Waals surface area contributed by atoms with E-state index in [1.807, 2.05) is 18.2 Å². The molecule has 0 spiro atoms. The van der Waals surface area contributed by atoms with Gasteiger partial charge in [0.1, 0.15) is 0 Å². The first-order valence-corrected chi connectivity index (χ1v) is 11.7. The van der Waals surface area contributed by atoms with Crippen LogP contribution in [0.1, 0.15) is 55.8 Å². The number of aromatic hydroxyl groups is 1. The average molecular weight is 453 g/mol. The number of phenolic OH excluding ortho intramolecular Hbond substituents is 1. The predicted octanol–water partition coefficient (Wildman–Crippen LogP) is 6.98. The van der Waals surface area contributed by atoms with Crippen molar-refractivity contribution in [3.63, 3.8) is 0 Å². The van der Waals surface area contributed by atoms with E-state index in [9.17, 15) is 14.3 Å². The van der Waals surface area contributed by atoms with Crippen molar-refractivity contribution in [3.8, 4) is 16.9 Å². The van der Waals surface area contributed by atoms with Crippen molar-refractivity contribution in [2.75, 3.05) is 5.32 Å². The van der Waals surface area contributed by atoms with Gasteiger partial charge in [0.2, 0.25) is 0 Å². The summed E-state index contributed by atoms with van der Waals surface area (Å²) in [5, 5.41) is 14.2. The quantitative estimate of drug-likeness (QED) is 0.410. The number of nitrogens with one attached hydrogen (secondary N) is 1. The van der Waals surface area contributed by atoms with E-state index in [0.29, 0.717) is 17.2 Å². The van der Waals surface area contributed by atoms with E-state index in [1.165, 1.54) is 18.9 Å². The highest BCUT2D eigenvalue weighted by atomic mass is 35.5. The van der Waals surface area contributed by atoms with E-state index in [2.05, 4.69) is 17.2 Å². The molecule has 4 nitrogen and oxygen atoms in total. The number of hydrogen-bond donors (Lipinski definition) is 2. The Bertz CT molecular complexity index is 1180. The first-order chi connectivity index (χ1) is 15.4. The molecule has 6 heteroatoms. The van der Waals surface area contributed by atoms with Gasteiger partial charge in [0.05, 0.1) is 21.8 Å². The summed E-state index contributed by atoms with van der Waals surface area (Å²) in [6.45, 7) is 2.29. The van der Waals surface area contributed by atoms with E-state index in [0.717, 1.165) is 53.8 Å². The van der Waals surface area contributed by atoms with Crippen LogP contribution in [0.3, 0.4) is 0 Å². The Morgan fingerprint density at radius 2 is 1.84 bits per heavy atom. The van der Waals surface area contributed by atoms with Crippen molar-refractivity contribution < 1.29 is 14.3 Å². The zero-order valence-corrected chi connectivity index (χ0v) is 18.8. The Kier molecular flexibility index (Phi) is 5.54. The maximum Gasteiger partial charge on any atom is 0.170 e. The lowest BCUT2D eigenvalue weighted by molar-refractivity contribution is 0.0968. The number of pyridine rings is 1. The van der Waals surface area contributed by atoms with E-state index in [-0.39, 0.29) is 16.7 Å². The van der Waals surface area contributed by atoms with Gasteiger partial charge in [0, 0.05) is 23.5 Å². The normalized spacial score (nSPS) is 21.0. The minimum atomic E-state index is -0.766. The standard InChI is InChI=1S/C26H26ClFN2O2/c1-14-2-7-18(8-3-14)30-24-19-10-16(17-11-21(27)26(32)22(28)12-17)6-9-23(19)29-13-20(24)25(31)15-4-5-15/h6,9-15,18,32H,2-5,7-8H2,1H3,(H,29,30)/t14-,18-. The number of rotatable bonds is 5. The lowest BCUT2D eigenvalue weighted by atomic mass is 9.87. The number of hydrogen-bond acceptors (Lipinski definition) is 4. The molecule has 1 aromatic heterocycles. The minimum absolute atomic E-state index is 0.0365. The number of phenols is 1. The van der Waals surface area contributed by atoms with Crippen molar-refractivity contribution in [2.24, 2.45) is 11.8 Å². The third kappa shape index (κ3) is 4.06. The third-order valence-electron chi connectivity index (χ3n) is 6.80. The van der Waals surface area contributed by atoms with E-state index in [1.54, 1.807) is 12.3 Å². The van der Waals surface area contributed by atoms with Gasteiger partial charge in [-0.3, -0.25) is 9.78 Å². The van der Waals surface area contributed by atoms with Gasteiger partial charge in [-0.1, -0.05) is 24.6 Å². The fourth-order valence-corrected chi connectivity index (χ4v) is 4.83. The van der Waals surface area contributed by atoms with Gasteiger partial charge in [-0.15, -0.1) is 0 Å². The summed E-state index contributed by atoms with van der Waals surface area (Å²) in [6, 6.07) is 8.79. The Hall–Kier alpha value is -2.66. The Labute approximate surface area is 191 Å². The van der Waals surface area contributed by atoms with Crippen molar-refractivity contribution in [3.05, 3.63) is 52.9 Å². The molecule has 5 rings (SSSR count). The molecule has 0 aliphatic heterocycles. The molecule has 3 aromatic rings. The van der Waals surface area contributed by atoms with Gasteiger partial charge in [-0.05, 0) is 79.8 Å². The van der Waals surface area contributed by atoms with Gasteiger partial charge in [0.15, 0.2) is 17.3 Å². The SMILES string of the molecule is C[C@H]1CC[C@H](Nc2c(C(=O)C3CC3)cnc3ccc(-c4cc(F)c(O)c(Cl)c4)cc23)CC1. The second-order valence-corrected chi connectivity index (χ2v) is 9.71. The monoisotopic (exact) mass is 452 g/mol. The summed E-state index contributed by atoms with van der Waals surface area (Å²) in [7, 11) is 0. The number of fused-ring (bicyclic) bond motifs is 1. The van der Waals surface area contributed by atoms with Crippen LogP contribution < -0.4 is 5.32 Å².